The van der Waals surface area contributed by atoms with E-state index < -0.39 is 12.4 Å². The monoisotopic (exact) mass is 372 g/mol. The Morgan fingerprint density at radius 1 is 1.07 bits per heavy atom. The third kappa shape index (κ3) is 4.08. The number of alkyl halides is 2. The predicted octanol–water partition coefficient (Wildman–Crippen LogP) is 6.37. The normalized spacial score (nSPS) is 11.0. The first-order valence-corrected chi connectivity index (χ1v) is 8.57. The van der Waals surface area contributed by atoms with Gasteiger partial charge in [-0.2, -0.15) is 8.78 Å². The molecule has 0 heterocycles. The summed E-state index contributed by atoms with van der Waals surface area (Å²) in [7, 11) is 0. The van der Waals surface area contributed by atoms with Gasteiger partial charge in [0, 0.05) is 5.39 Å². The number of ether oxygens (including phenoxy) is 2. The van der Waals surface area contributed by atoms with Crippen LogP contribution in [0.1, 0.15) is 12.5 Å². The molecule has 0 saturated carbocycles. The lowest BCUT2D eigenvalue weighted by Crippen LogP contribution is -2.05. The smallest absolute Gasteiger partial charge is 0.387 e. The number of rotatable bonds is 7. The molecule has 0 radical (unpaired) electrons. The quantitative estimate of drug-likeness (QED) is 0.448. The average Bonchev–Trinajstić information content (AvgIpc) is 2.66. The standard InChI is InChI=1S/C22H19F3O2/c1-3-11-26-17-9-10-18-16(12-17)13-19(27-22(24)25)20(21(18)23)15-7-5-14(4-2)6-8-15/h3,5-10,12-13,22H,1,4,11H2,2H3. The molecule has 0 unspecified atom stereocenters. The van der Waals surface area contributed by atoms with Gasteiger partial charge in [-0.1, -0.05) is 43.8 Å². The van der Waals surface area contributed by atoms with E-state index in [9.17, 15) is 8.78 Å². The van der Waals surface area contributed by atoms with Crippen LogP contribution in [0.5, 0.6) is 11.5 Å². The predicted molar refractivity (Wildman–Crippen MR) is 101 cm³/mol. The van der Waals surface area contributed by atoms with E-state index in [1.807, 2.05) is 19.1 Å². The largest absolute Gasteiger partial charge is 0.490 e. The first kappa shape index (κ1) is 18.8. The highest BCUT2D eigenvalue weighted by Gasteiger charge is 2.19. The van der Waals surface area contributed by atoms with Crippen LogP contribution in [-0.2, 0) is 6.42 Å². The van der Waals surface area contributed by atoms with E-state index in [0.717, 1.165) is 12.0 Å². The van der Waals surface area contributed by atoms with Crippen molar-refractivity contribution in [1.82, 2.24) is 0 Å². The minimum absolute atomic E-state index is 0.0187. The molecule has 0 amide bonds. The van der Waals surface area contributed by atoms with Gasteiger partial charge in [-0.25, -0.2) is 4.39 Å². The zero-order valence-corrected chi connectivity index (χ0v) is 14.8. The second-order valence-electron chi connectivity index (χ2n) is 5.98. The Kier molecular flexibility index (Phi) is 5.69. The van der Waals surface area contributed by atoms with Crippen molar-refractivity contribution in [1.29, 1.82) is 0 Å². The van der Waals surface area contributed by atoms with Gasteiger partial charge in [0.1, 0.15) is 23.9 Å². The first-order chi connectivity index (χ1) is 13.0. The Balaban J connectivity index is 2.17. The van der Waals surface area contributed by atoms with Gasteiger partial charge in [0.15, 0.2) is 0 Å². The first-order valence-electron chi connectivity index (χ1n) is 8.57. The Hall–Kier alpha value is -2.95. The summed E-state index contributed by atoms with van der Waals surface area (Å²) in [6.45, 7) is 2.80. The van der Waals surface area contributed by atoms with Crippen molar-refractivity contribution in [2.75, 3.05) is 6.61 Å². The number of fused-ring (bicyclic) bond motifs is 1. The van der Waals surface area contributed by atoms with Gasteiger partial charge < -0.3 is 9.47 Å². The number of halogens is 3. The molecule has 2 nitrogen and oxygen atoms in total. The van der Waals surface area contributed by atoms with Crippen LogP contribution in [0.25, 0.3) is 21.9 Å². The molecule has 0 spiro atoms. The van der Waals surface area contributed by atoms with Crippen molar-refractivity contribution >= 4 is 10.8 Å². The molecule has 3 rings (SSSR count). The minimum atomic E-state index is -3.06. The topological polar surface area (TPSA) is 18.5 Å². The van der Waals surface area contributed by atoms with Crippen LogP contribution in [0.3, 0.4) is 0 Å². The summed E-state index contributed by atoms with van der Waals surface area (Å²) >= 11 is 0. The molecule has 0 aliphatic carbocycles. The second-order valence-corrected chi connectivity index (χ2v) is 5.98. The lowest BCUT2D eigenvalue weighted by atomic mass is 9.97. The third-order valence-corrected chi connectivity index (χ3v) is 4.25. The van der Waals surface area contributed by atoms with E-state index in [2.05, 4.69) is 11.3 Å². The van der Waals surface area contributed by atoms with Gasteiger partial charge in [0.2, 0.25) is 0 Å². The lowest BCUT2D eigenvalue weighted by Gasteiger charge is -2.15. The molecule has 0 aliphatic heterocycles. The number of benzene rings is 3. The summed E-state index contributed by atoms with van der Waals surface area (Å²) in [5.74, 6) is -0.326. The van der Waals surface area contributed by atoms with Crippen molar-refractivity contribution in [3.05, 3.63) is 72.6 Å². The highest BCUT2D eigenvalue weighted by Crippen LogP contribution is 2.39. The molecule has 0 atom stereocenters. The van der Waals surface area contributed by atoms with Gasteiger partial charge in [-0.3, -0.25) is 0 Å². The number of aryl methyl sites for hydroxylation is 1. The molecule has 5 heteroatoms. The summed E-state index contributed by atoms with van der Waals surface area (Å²) in [4.78, 5) is 0. The van der Waals surface area contributed by atoms with Crippen LogP contribution < -0.4 is 9.47 Å². The molecule has 27 heavy (non-hydrogen) atoms. The molecular weight excluding hydrogens is 353 g/mol. The van der Waals surface area contributed by atoms with Crippen LogP contribution >= 0.6 is 0 Å². The van der Waals surface area contributed by atoms with Crippen molar-refractivity contribution in [3.63, 3.8) is 0 Å². The van der Waals surface area contributed by atoms with Gasteiger partial charge in [0.25, 0.3) is 0 Å². The number of hydrogen-bond donors (Lipinski definition) is 0. The van der Waals surface area contributed by atoms with Crippen molar-refractivity contribution in [2.45, 2.75) is 20.0 Å². The highest BCUT2D eigenvalue weighted by atomic mass is 19.3. The zero-order valence-electron chi connectivity index (χ0n) is 14.8. The SMILES string of the molecule is C=CCOc1ccc2c(F)c(-c3ccc(CC)cc3)c(OC(F)F)cc2c1. The summed E-state index contributed by atoms with van der Waals surface area (Å²) < 4.78 is 51.2. The van der Waals surface area contributed by atoms with Crippen LogP contribution in [0, 0.1) is 5.82 Å². The maximum Gasteiger partial charge on any atom is 0.387 e. The molecular formula is C22H19F3O2. The molecule has 0 saturated heterocycles. The zero-order chi connectivity index (χ0) is 19.4. The van der Waals surface area contributed by atoms with Crippen LogP contribution in [0.2, 0.25) is 0 Å². The van der Waals surface area contributed by atoms with Crippen molar-refractivity contribution in [3.8, 4) is 22.6 Å². The van der Waals surface area contributed by atoms with E-state index in [0.29, 0.717) is 22.1 Å². The van der Waals surface area contributed by atoms with Gasteiger partial charge in [-0.15, -0.1) is 0 Å². The van der Waals surface area contributed by atoms with E-state index >= 15 is 4.39 Å². The molecule has 0 fully saturated rings. The summed E-state index contributed by atoms with van der Waals surface area (Å²) in [6, 6.07) is 13.3. The van der Waals surface area contributed by atoms with E-state index in [4.69, 9.17) is 4.74 Å². The molecule has 0 bridgehead atoms. The highest BCUT2D eigenvalue weighted by molar-refractivity contribution is 5.92. The molecule has 3 aromatic rings. The van der Waals surface area contributed by atoms with Gasteiger partial charge in [0.05, 0.1) is 5.56 Å². The average molecular weight is 372 g/mol. The molecule has 140 valence electrons. The van der Waals surface area contributed by atoms with Crippen LogP contribution in [-0.4, -0.2) is 13.2 Å². The third-order valence-electron chi connectivity index (χ3n) is 4.25. The number of hydrogen-bond acceptors (Lipinski definition) is 2. The maximum atomic E-state index is 15.3. The Morgan fingerprint density at radius 3 is 2.44 bits per heavy atom. The Morgan fingerprint density at radius 2 is 1.81 bits per heavy atom. The summed E-state index contributed by atoms with van der Waals surface area (Å²) in [5.41, 5.74) is 1.57. The second kappa shape index (κ2) is 8.16. The van der Waals surface area contributed by atoms with Crippen LogP contribution in [0.4, 0.5) is 13.2 Å². The summed E-state index contributed by atoms with van der Waals surface area (Å²) in [6.07, 6.45) is 2.41. The molecule has 0 aliphatic rings. The fraction of sp³-hybridized carbons (Fsp3) is 0.182. The lowest BCUT2D eigenvalue weighted by molar-refractivity contribution is -0.0494. The fourth-order valence-electron chi connectivity index (χ4n) is 2.93. The van der Waals surface area contributed by atoms with E-state index in [-0.39, 0.29) is 17.9 Å². The van der Waals surface area contributed by atoms with Crippen LogP contribution in [0.15, 0.2) is 61.2 Å². The molecule has 0 aromatic heterocycles. The fourth-order valence-corrected chi connectivity index (χ4v) is 2.93. The maximum absolute atomic E-state index is 15.3. The molecule has 0 N–H and O–H groups in total. The van der Waals surface area contributed by atoms with E-state index in [1.165, 1.54) is 6.07 Å². The van der Waals surface area contributed by atoms with E-state index in [1.54, 1.807) is 36.4 Å². The Labute approximate surface area is 155 Å². The molecule has 3 aromatic carbocycles. The van der Waals surface area contributed by atoms with Crippen molar-refractivity contribution in [2.24, 2.45) is 0 Å². The van der Waals surface area contributed by atoms with Gasteiger partial charge >= 0.3 is 6.61 Å². The van der Waals surface area contributed by atoms with Gasteiger partial charge in [-0.05, 0) is 47.2 Å². The van der Waals surface area contributed by atoms with Crippen molar-refractivity contribution < 1.29 is 22.6 Å². The summed E-state index contributed by atoms with van der Waals surface area (Å²) in [5, 5.41) is 0.718. The minimum Gasteiger partial charge on any atom is -0.490 e. The Bertz CT molecular complexity index is 950.